The van der Waals surface area contributed by atoms with Crippen molar-refractivity contribution in [3.63, 3.8) is 0 Å². The van der Waals surface area contributed by atoms with Crippen molar-refractivity contribution >= 4 is 11.6 Å². The van der Waals surface area contributed by atoms with E-state index in [9.17, 15) is 0 Å². The Labute approximate surface area is 112 Å². The Bertz CT molecular complexity index is 455. The Hall–Kier alpha value is -0.770. The van der Waals surface area contributed by atoms with Gasteiger partial charge in [0, 0.05) is 16.1 Å². The van der Waals surface area contributed by atoms with E-state index in [0.29, 0.717) is 13.4 Å². The average molecular weight is 268 g/mol. The first-order chi connectivity index (χ1) is 8.71. The number of benzene rings is 1. The van der Waals surface area contributed by atoms with Gasteiger partial charge in [-0.3, -0.25) is 0 Å². The van der Waals surface area contributed by atoms with Crippen molar-refractivity contribution < 1.29 is 9.47 Å². The maximum atomic E-state index is 6.61. The quantitative estimate of drug-likeness (QED) is 0.849. The van der Waals surface area contributed by atoms with Crippen LogP contribution in [0.25, 0.3) is 0 Å². The second-order valence-electron chi connectivity index (χ2n) is 5.23. The molecule has 0 amide bonds. The van der Waals surface area contributed by atoms with Crippen molar-refractivity contribution in [2.75, 3.05) is 6.79 Å². The molecule has 1 aromatic rings. The van der Waals surface area contributed by atoms with Crippen LogP contribution in [0, 0.1) is 0 Å². The number of hydrogen-bond acceptors (Lipinski definition) is 3. The maximum absolute atomic E-state index is 6.61. The number of halogens is 1. The van der Waals surface area contributed by atoms with E-state index < -0.39 is 0 Å². The molecule has 0 radical (unpaired) electrons. The summed E-state index contributed by atoms with van der Waals surface area (Å²) in [4.78, 5) is 0. The third kappa shape index (κ3) is 2.00. The summed E-state index contributed by atoms with van der Waals surface area (Å²) in [6.45, 7) is 0.857. The number of hydrogen-bond donors (Lipinski definition) is 1. The monoisotopic (exact) mass is 267 g/mol. The number of nitrogens with two attached hydrogens (primary N) is 1. The molecule has 0 unspecified atom stereocenters. The highest BCUT2D eigenvalue weighted by atomic mass is 35.5. The third-order valence-electron chi connectivity index (χ3n) is 4.01. The van der Waals surface area contributed by atoms with Crippen molar-refractivity contribution in [1.29, 1.82) is 0 Å². The molecular formula is C14H18ClNO2. The Morgan fingerprint density at radius 2 is 1.94 bits per heavy atom. The molecule has 3 rings (SSSR count). The first-order valence-electron chi connectivity index (χ1n) is 6.52. The zero-order valence-corrected chi connectivity index (χ0v) is 11.1. The molecule has 2 aliphatic rings. The van der Waals surface area contributed by atoms with Crippen LogP contribution in [-0.4, -0.2) is 6.79 Å². The SMILES string of the molecule is NC1(c2c(Cl)ccc3c2COCO3)CCCCC1. The summed E-state index contributed by atoms with van der Waals surface area (Å²) in [7, 11) is 0. The zero-order valence-electron chi connectivity index (χ0n) is 10.4. The molecule has 0 bridgehead atoms. The standard InChI is InChI=1S/C14H18ClNO2/c15-11-4-5-12-10(8-17-9-18-12)13(11)14(16)6-2-1-3-7-14/h4-5H,1-3,6-9,16H2. The minimum atomic E-state index is -0.315. The van der Waals surface area contributed by atoms with Crippen LogP contribution < -0.4 is 10.5 Å². The Morgan fingerprint density at radius 3 is 2.72 bits per heavy atom. The minimum Gasteiger partial charge on any atom is -0.467 e. The molecule has 4 heteroatoms. The van der Waals surface area contributed by atoms with Crippen LogP contribution in [0.4, 0.5) is 0 Å². The van der Waals surface area contributed by atoms with Gasteiger partial charge in [-0.25, -0.2) is 0 Å². The second-order valence-corrected chi connectivity index (χ2v) is 5.63. The number of ether oxygens (including phenoxy) is 2. The van der Waals surface area contributed by atoms with Crippen LogP contribution in [0.2, 0.25) is 5.02 Å². The minimum absolute atomic E-state index is 0.311. The molecule has 98 valence electrons. The van der Waals surface area contributed by atoms with Crippen LogP contribution in [0.15, 0.2) is 12.1 Å². The fourth-order valence-corrected chi connectivity index (χ4v) is 3.46. The fourth-order valence-electron chi connectivity index (χ4n) is 3.10. The van der Waals surface area contributed by atoms with Crippen LogP contribution >= 0.6 is 11.6 Å². The van der Waals surface area contributed by atoms with Gasteiger partial charge in [-0.05, 0) is 30.5 Å². The molecule has 0 saturated heterocycles. The zero-order chi connectivity index (χ0) is 12.6. The lowest BCUT2D eigenvalue weighted by molar-refractivity contribution is -0.0176. The van der Waals surface area contributed by atoms with E-state index in [1.165, 1.54) is 6.42 Å². The molecule has 1 saturated carbocycles. The molecule has 1 fully saturated rings. The summed E-state index contributed by atoms with van der Waals surface area (Å²) in [6, 6.07) is 3.81. The van der Waals surface area contributed by atoms with Gasteiger partial charge in [-0.2, -0.15) is 0 Å². The van der Waals surface area contributed by atoms with Crippen LogP contribution in [0.3, 0.4) is 0 Å². The van der Waals surface area contributed by atoms with E-state index in [2.05, 4.69) is 0 Å². The van der Waals surface area contributed by atoms with E-state index in [1.54, 1.807) is 0 Å². The molecule has 1 aliphatic heterocycles. The first kappa shape index (κ1) is 12.3. The smallest absolute Gasteiger partial charge is 0.189 e. The van der Waals surface area contributed by atoms with Gasteiger partial charge in [-0.1, -0.05) is 30.9 Å². The number of fused-ring (bicyclic) bond motifs is 1. The van der Waals surface area contributed by atoms with Crippen LogP contribution in [-0.2, 0) is 16.9 Å². The molecule has 2 N–H and O–H groups in total. The molecule has 1 aliphatic carbocycles. The molecule has 0 spiro atoms. The van der Waals surface area contributed by atoms with Gasteiger partial charge in [0.1, 0.15) is 5.75 Å². The average Bonchev–Trinajstić information content (AvgIpc) is 2.39. The summed E-state index contributed by atoms with van der Waals surface area (Å²) >= 11 is 6.39. The normalized spacial score (nSPS) is 22.1. The lowest BCUT2D eigenvalue weighted by Gasteiger charge is -2.37. The van der Waals surface area contributed by atoms with Gasteiger partial charge in [-0.15, -0.1) is 0 Å². The molecule has 0 aromatic heterocycles. The van der Waals surface area contributed by atoms with Crippen molar-refractivity contribution in [3.8, 4) is 5.75 Å². The highest BCUT2D eigenvalue weighted by Gasteiger charge is 2.35. The molecular weight excluding hydrogens is 250 g/mol. The van der Waals surface area contributed by atoms with Gasteiger partial charge < -0.3 is 15.2 Å². The predicted octanol–water partition coefficient (Wildman–Crippen LogP) is 3.32. The molecule has 0 atom stereocenters. The summed E-state index contributed by atoms with van der Waals surface area (Å²) in [5.41, 5.74) is 8.38. The van der Waals surface area contributed by atoms with Gasteiger partial charge in [0.05, 0.1) is 6.61 Å². The lowest BCUT2D eigenvalue weighted by Crippen LogP contribution is -2.40. The van der Waals surface area contributed by atoms with Crippen molar-refractivity contribution in [2.24, 2.45) is 5.73 Å². The van der Waals surface area contributed by atoms with E-state index in [4.69, 9.17) is 26.8 Å². The Morgan fingerprint density at radius 1 is 1.17 bits per heavy atom. The summed E-state index contributed by atoms with van der Waals surface area (Å²) < 4.78 is 10.9. The van der Waals surface area contributed by atoms with E-state index >= 15 is 0 Å². The van der Waals surface area contributed by atoms with Gasteiger partial charge in [0.2, 0.25) is 0 Å². The fraction of sp³-hybridized carbons (Fsp3) is 0.571. The lowest BCUT2D eigenvalue weighted by atomic mass is 9.75. The van der Waals surface area contributed by atoms with Gasteiger partial charge in [0.15, 0.2) is 6.79 Å². The first-order valence-corrected chi connectivity index (χ1v) is 6.90. The summed E-state index contributed by atoms with van der Waals surface area (Å²) in [5.74, 6) is 0.871. The van der Waals surface area contributed by atoms with E-state index in [1.807, 2.05) is 12.1 Å². The van der Waals surface area contributed by atoms with Crippen LogP contribution in [0.5, 0.6) is 5.75 Å². The highest BCUT2D eigenvalue weighted by Crippen LogP contribution is 2.43. The predicted molar refractivity (Wildman–Crippen MR) is 70.7 cm³/mol. The van der Waals surface area contributed by atoms with Gasteiger partial charge in [0.25, 0.3) is 0 Å². The molecule has 1 aromatic carbocycles. The largest absolute Gasteiger partial charge is 0.467 e. The van der Waals surface area contributed by atoms with E-state index in [0.717, 1.165) is 47.6 Å². The summed E-state index contributed by atoms with van der Waals surface area (Å²) in [5, 5.41) is 0.743. The Balaban J connectivity index is 2.09. The van der Waals surface area contributed by atoms with E-state index in [-0.39, 0.29) is 5.54 Å². The summed E-state index contributed by atoms with van der Waals surface area (Å²) in [6.07, 6.45) is 5.57. The van der Waals surface area contributed by atoms with Crippen molar-refractivity contribution in [3.05, 3.63) is 28.3 Å². The number of rotatable bonds is 1. The third-order valence-corrected chi connectivity index (χ3v) is 4.32. The Kier molecular flexibility index (Phi) is 3.22. The van der Waals surface area contributed by atoms with Crippen LogP contribution in [0.1, 0.15) is 43.2 Å². The molecule has 18 heavy (non-hydrogen) atoms. The van der Waals surface area contributed by atoms with Crippen molar-refractivity contribution in [1.82, 2.24) is 0 Å². The maximum Gasteiger partial charge on any atom is 0.189 e. The topological polar surface area (TPSA) is 44.5 Å². The second kappa shape index (κ2) is 4.72. The highest BCUT2D eigenvalue weighted by molar-refractivity contribution is 6.31. The molecule has 1 heterocycles. The van der Waals surface area contributed by atoms with Gasteiger partial charge >= 0.3 is 0 Å². The molecule has 3 nitrogen and oxygen atoms in total. The van der Waals surface area contributed by atoms with Crippen molar-refractivity contribution in [2.45, 2.75) is 44.2 Å².